The summed E-state index contributed by atoms with van der Waals surface area (Å²) < 4.78 is 84.8. The molecular weight excluding hydrogens is 539 g/mol. The predicted octanol–water partition coefficient (Wildman–Crippen LogP) is 5.34. The molecule has 40 heavy (non-hydrogen) atoms. The number of alkyl halides is 6. The number of piperidine rings is 1. The zero-order chi connectivity index (χ0) is 28.7. The Morgan fingerprint density at radius 1 is 0.875 bits per heavy atom. The SMILES string of the molecule is [B]c1ccc2c(c1)NC1(CCN(Cc3ccccc3OC(F)(F)F)CC1)N(c1ccc(OC(F)(F)F)cc1)C2=O. The number of ether oxygens (including phenoxy) is 2. The van der Waals surface area contributed by atoms with E-state index in [-0.39, 0.29) is 18.2 Å². The predicted molar refractivity (Wildman–Crippen MR) is 136 cm³/mol. The van der Waals surface area contributed by atoms with E-state index in [1.54, 1.807) is 30.3 Å². The van der Waals surface area contributed by atoms with Crippen LogP contribution in [0.3, 0.4) is 0 Å². The highest BCUT2D eigenvalue weighted by Crippen LogP contribution is 2.41. The number of amides is 1. The molecule has 13 heteroatoms. The minimum atomic E-state index is -4.86. The van der Waals surface area contributed by atoms with E-state index in [2.05, 4.69) is 14.8 Å². The van der Waals surface area contributed by atoms with Gasteiger partial charge in [0.05, 0.1) is 5.56 Å². The molecule has 1 amide bonds. The van der Waals surface area contributed by atoms with Crippen molar-refractivity contribution >= 4 is 30.6 Å². The zero-order valence-corrected chi connectivity index (χ0v) is 20.9. The third kappa shape index (κ3) is 5.98. The molecule has 0 bridgehead atoms. The summed E-state index contributed by atoms with van der Waals surface area (Å²) in [5, 5.41) is 3.43. The van der Waals surface area contributed by atoms with Crippen LogP contribution in [0.4, 0.5) is 37.7 Å². The fourth-order valence-corrected chi connectivity index (χ4v) is 5.16. The molecule has 2 aliphatic rings. The maximum Gasteiger partial charge on any atom is 0.573 e. The maximum atomic E-state index is 13.8. The van der Waals surface area contributed by atoms with Crippen molar-refractivity contribution in [1.29, 1.82) is 0 Å². The maximum absolute atomic E-state index is 13.8. The number of anilines is 2. The summed E-state index contributed by atoms with van der Waals surface area (Å²) in [4.78, 5) is 17.2. The molecule has 0 aliphatic carbocycles. The highest BCUT2D eigenvalue weighted by Gasteiger charge is 2.47. The Hall–Kier alpha value is -3.87. The first kappa shape index (κ1) is 27.7. The van der Waals surface area contributed by atoms with Crippen molar-refractivity contribution in [3.05, 3.63) is 77.9 Å². The van der Waals surface area contributed by atoms with E-state index in [4.69, 9.17) is 7.85 Å². The van der Waals surface area contributed by atoms with Gasteiger partial charge in [-0.3, -0.25) is 14.6 Å². The Kier molecular flexibility index (Phi) is 7.11. The summed E-state index contributed by atoms with van der Waals surface area (Å²) in [6.07, 6.45) is -8.97. The van der Waals surface area contributed by atoms with Gasteiger partial charge in [0, 0.05) is 49.4 Å². The number of halogens is 6. The molecule has 208 valence electrons. The smallest absolute Gasteiger partial charge is 0.406 e. The number of hydrogen-bond acceptors (Lipinski definition) is 5. The first-order valence-corrected chi connectivity index (χ1v) is 12.3. The van der Waals surface area contributed by atoms with Crippen LogP contribution in [0.15, 0.2) is 66.7 Å². The molecule has 2 heterocycles. The van der Waals surface area contributed by atoms with E-state index >= 15 is 0 Å². The van der Waals surface area contributed by atoms with Crippen LogP contribution in [-0.2, 0) is 6.54 Å². The van der Waals surface area contributed by atoms with Crippen LogP contribution < -0.4 is 25.2 Å². The quantitative estimate of drug-likeness (QED) is 0.337. The van der Waals surface area contributed by atoms with Crippen molar-refractivity contribution in [3.8, 4) is 11.5 Å². The molecule has 2 aliphatic heterocycles. The van der Waals surface area contributed by atoms with Gasteiger partial charge in [-0.2, -0.15) is 0 Å². The average Bonchev–Trinajstić information content (AvgIpc) is 2.86. The van der Waals surface area contributed by atoms with Crippen LogP contribution in [0.5, 0.6) is 11.5 Å². The molecule has 1 N–H and O–H groups in total. The second-order valence-corrected chi connectivity index (χ2v) is 9.58. The Morgan fingerprint density at radius 3 is 2.17 bits per heavy atom. The average molecular weight is 561 g/mol. The number of nitrogens with one attached hydrogen (secondary N) is 1. The van der Waals surface area contributed by atoms with Crippen LogP contribution in [-0.4, -0.2) is 50.1 Å². The van der Waals surface area contributed by atoms with Gasteiger partial charge in [-0.15, -0.1) is 26.3 Å². The summed E-state index contributed by atoms with van der Waals surface area (Å²) >= 11 is 0. The van der Waals surface area contributed by atoms with Crippen LogP contribution >= 0.6 is 0 Å². The molecule has 3 aromatic carbocycles. The van der Waals surface area contributed by atoms with Crippen molar-refractivity contribution in [3.63, 3.8) is 0 Å². The molecule has 6 nitrogen and oxygen atoms in total. The minimum absolute atomic E-state index is 0.184. The van der Waals surface area contributed by atoms with Crippen LogP contribution in [0.2, 0.25) is 0 Å². The number of fused-ring (bicyclic) bond motifs is 1. The van der Waals surface area contributed by atoms with Crippen LogP contribution in [0.1, 0.15) is 28.8 Å². The lowest BCUT2D eigenvalue weighted by atomic mass is 9.87. The monoisotopic (exact) mass is 561 g/mol. The second-order valence-electron chi connectivity index (χ2n) is 9.58. The number of carbonyl (C=O) groups is 1. The molecular formula is C27H22BF6N3O3. The number of hydrogen-bond donors (Lipinski definition) is 1. The molecule has 3 aromatic rings. The van der Waals surface area contributed by atoms with Gasteiger partial charge in [-0.1, -0.05) is 29.7 Å². The molecule has 5 rings (SSSR count). The van der Waals surface area contributed by atoms with E-state index in [1.165, 1.54) is 29.2 Å². The van der Waals surface area contributed by atoms with Crippen molar-refractivity contribution in [2.75, 3.05) is 23.3 Å². The van der Waals surface area contributed by atoms with E-state index in [1.807, 2.05) is 4.90 Å². The summed E-state index contributed by atoms with van der Waals surface area (Å²) in [6.45, 7) is 0.970. The standard InChI is InChI=1S/C27H22BF6N3O3/c28-18-5-10-21-22(15-18)35-25(37(24(21)38)19-6-8-20(9-7-19)39-26(29,30)31)11-13-36(14-12-25)16-17-3-1-2-4-23(17)40-27(32,33)34/h1-10,15,35H,11-14,16H2. The normalized spacial score (nSPS) is 17.4. The lowest BCUT2D eigenvalue weighted by molar-refractivity contribution is -0.275. The highest BCUT2D eigenvalue weighted by atomic mass is 19.4. The first-order valence-electron chi connectivity index (χ1n) is 12.3. The Bertz CT molecular complexity index is 1390. The third-order valence-electron chi connectivity index (χ3n) is 6.88. The fourth-order valence-electron chi connectivity index (χ4n) is 5.16. The fraction of sp³-hybridized carbons (Fsp3) is 0.296. The van der Waals surface area contributed by atoms with Gasteiger partial charge in [0.15, 0.2) is 0 Å². The van der Waals surface area contributed by atoms with Crippen molar-refractivity contribution in [1.82, 2.24) is 4.90 Å². The molecule has 0 saturated carbocycles. The van der Waals surface area contributed by atoms with E-state index in [9.17, 15) is 31.1 Å². The number of para-hydroxylation sites is 1. The topological polar surface area (TPSA) is 54.0 Å². The van der Waals surface area contributed by atoms with E-state index in [0.29, 0.717) is 53.9 Å². The van der Waals surface area contributed by atoms with Crippen LogP contribution in [0, 0.1) is 0 Å². The lowest BCUT2D eigenvalue weighted by Crippen LogP contribution is -2.64. The summed E-state index contributed by atoms with van der Waals surface area (Å²) in [5.41, 5.74) is 1.05. The minimum Gasteiger partial charge on any atom is -0.406 e. The third-order valence-corrected chi connectivity index (χ3v) is 6.88. The van der Waals surface area contributed by atoms with Gasteiger partial charge in [0.1, 0.15) is 25.0 Å². The number of nitrogens with zero attached hydrogens (tertiary/aromatic N) is 2. The molecule has 1 spiro atoms. The Morgan fingerprint density at radius 2 is 1.52 bits per heavy atom. The van der Waals surface area contributed by atoms with Crippen molar-refractivity contribution < 1.29 is 40.6 Å². The molecule has 1 fully saturated rings. The van der Waals surface area contributed by atoms with Gasteiger partial charge >= 0.3 is 12.7 Å². The second kappa shape index (κ2) is 10.3. The Labute approximate surface area is 226 Å². The van der Waals surface area contributed by atoms with Gasteiger partial charge in [-0.25, -0.2) is 0 Å². The van der Waals surface area contributed by atoms with Gasteiger partial charge in [0.2, 0.25) is 0 Å². The molecule has 1 saturated heterocycles. The molecule has 0 unspecified atom stereocenters. The number of benzene rings is 3. The summed E-state index contributed by atoms with van der Waals surface area (Å²) in [5.74, 6) is -1.07. The first-order chi connectivity index (χ1) is 18.8. The van der Waals surface area contributed by atoms with Gasteiger partial charge in [0.25, 0.3) is 5.91 Å². The van der Waals surface area contributed by atoms with Gasteiger partial charge in [-0.05, 0) is 42.5 Å². The van der Waals surface area contributed by atoms with Crippen LogP contribution in [0.25, 0.3) is 0 Å². The summed E-state index contributed by atoms with van der Waals surface area (Å²) in [6, 6.07) is 15.7. The van der Waals surface area contributed by atoms with Crippen molar-refractivity contribution in [2.45, 2.75) is 37.8 Å². The van der Waals surface area contributed by atoms with Crippen molar-refractivity contribution in [2.24, 2.45) is 0 Å². The van der Waals surface area contributed by atoms with Gasteiger partial charge < -0.3 is 14.8 Å². The number of rotatable bonds is 5. The summed E-state index contributed by atoms with van der Waals surface area (Å²) in [7, 11) is 5.95. The number of carbonyl (C=O) groups excluding carboxylic acids is 1. The van der Waals surface area contributed by atoms with E-state index in [0.717, 1.165) is 12.1 Å². The highest BCUT2D eigenvalue weighted by molar-refractivity contribution is 6.33. The lowest BCUT2D eigenvalue weighted by Gasteiger charge is -2.52. The molecule has 0 atom stereocenters. The molecule has 2 radical (unpaired) electrons. The Balaban J connectivity index is 1.41. The molecule has 0 aromatic heterocycles. The largest absolute Gasteiger partial charge is 0.573 e. The number of likely N-dealkylation sites (tertiary alicyclic amines) is 1. The zero-order valence-electron chi connectivity index (χ0n) is 20.9. The van der Waals surface area contributed by atoms with E-state index < -0.39 is 24.1 Å².